The zero-order valence-electron chi connectivity index (χ0n) is 21.6. The average molecular weight is 609 g/mol. The van der Waals surface area contributed by atoms with Crippen LogP contribution in [0.3, 0.4) is 0 Å². The Morgan fingerprint density at radius 2 is 1.24 bits per heavy atom. The summed E-state index contributed by atoms with van der Waals surface area (Å²) in [6, 6.07) is 9.46. The van der Waals surface area contributed by atoms with Crippen molar-refractivity contribution in [2.75, 3.05) is 0 Å². The quantitative estimate of drug-likeness (QED) is 0.117. The molecule has 0 aromatic heterocycles. The molecular formula is C30H14F6N4S2. The van der Waals surface area contributed by atoms with Crippen LogP contribution in [-0.4, -0.2) is 11.0 Å². The smallest absolute Gasteiger partial charge is 0.226 e. The molecule has 2 aliphatic carbocycles. The second kappa shape index (κ2) is 10.2. The fourth-order valence-corrected chi connectivity index (χ4v) is 7.45. The van der Waals surface area contributed by atoms with Gasteiger partial charge in [-0.3, -0.25) is 0 Å². The van der Waals surface area contributed by atoms with Crippen LogP contribution >= 0.6 is 23.5 Å². The fourth-order valence-electron chi connectivity index (χ4n) is 5.95. The summed E-state index contributed by atoms with van der Waals surface area (Å²) in [7, 11) is 0. The van der Waals surface area contributed by atoms with E-state index in [0.717, 1.165) is 28.8 Å². The van der Waals surface area contributed by atoms with Gasteiger partial charge in [-0.25, -0.2) is 20.2 Å². The Morgan fingerprint density at radius 3 is 1.71 bits per heavy atom. The van der Waals surface area contributed by atoms with E-state index in [1.807, 2.05) is 38.1 Å². The summed E-state index contributed by atoms with van der Waals surface area (Å²) in [6.07, 6.45) is -0.0189. The molecule has 5 rings (SSSR count). The lowest BCUT2D eigenvalue weighted by Gasteiger charge is -2.17. The lowest BCUT2D eigenvalue weighted by atomic mass is 9.89. The van der Waals surface area contributed by atoms with E-state index in [0.29, 0.717) is 16.7 Å². The fraction of sp³-hybridized carbons (Fsp3) is 0.200. The minimum atomic E-state index is -4.87. The Morgan fingerprint density at radius 1 is 0.738 bits per heavy atom. The predicted octanol–water partition coefficient (Wildman–Crippen LogP) is 7.77. The molecule has 12 heteroatoms. The van der Waals surface area contributed by atoms with E-state index in [9.17, 15) is 36.9 Å². The molecule has 0 fully saturated rings. The van der Waals surface area contributed by atoms with Gasteiger partial charge in [0.15, 0.2) is 0 Å². The van der Waals surface area contributed by atoms with Crippen LogP contribution in [0.2, 0.25) is 0 Å². The summed E-state index contributed by atoms with van der Waals surface area (Å²) in [5.74, 6) is 0. The number of hydrogen-bond donors (Lipinski definition) is 0. The summed E-state index contributed by atoms with van der Waals surface area (Å²) >= 11 is -1.14. The maximum absolute atomic E-state index is 13.8. The molecule has 0 unspecified atom stereocenters. The summed E-state index contributed by atoms with van der Waals surface area (Å²) in [5, 5.41) is 20.2. The monoisotopic (exact) mass is 608 g/mol. The first-order valence-electron chi connectivity index (χ1n) is 12.0. The molecule has 0 aliphatic heterocycles. The van der Waals surface area contributed by atoms with Crippen molar-refractivity contribution in [2.45, 2.75) is 47.5 Å². The number of thioether (sulfide) groups is 2. The minimum Gasteiger partial charge on any atom is -0.226 e. The zero-order chi connectivity index (χ0) is 30.7. The number of rotatable bonds is 2. The lowest BCUT2D eigenvalue weighted by Crippen LogP contribution is -2.26. The summed E-state index contributed by atoms with van der Waals surface area (Å²) in [6.45, 7) is 19.2. The van der Waals surface area contributed by atoms with Crippen LogP contribution in [0.5, 0.6) is 0 Å². The Kier molecular flexibility index (Phi) is 7.06. The van der Waals surface area contributed by atoms with Crippen molar-refractivity contribution in [3.05, 3.63) is 90.9 Å². The van der Waals surface area contributed by atoms with Crippen LogP contribution < -0.4 is 10.4 Å². The van der Waals surface area contributed by atoms with Gasteiger partial charge >= 0.3 is 11.0 Å². The Labute approximate surface area is 244 Å². The van der Waals surface area contributed by atoms with E-state index in [1.165, 1.54) is 0 Å². The van der Waals surface area contributed by atoms with Crippen LogP contribution in [0.4, 0.5) is 26.3 Å². The number of nitriles is 2. The van der Waals surface area contributed by atoms with E-state index < -0.39 is 50.0 Å². The van der Waals surface area contributed by atoms with Crippen molar-refractivity contribution < 1.29 is 26.3 Å². The zero-order valence-corrected chi connectivity index (χ0v) is 23.2. The molecule has 0 amide bonds. The molecule has 0 radical (unpaired) electrons. The minimum absolute atomic E-state index is 0.0552. The van der Waals surface area contributed by atoms with Crippen molar-refractivity contribution in [3.63, 3.8) is 0 Å². The van der Waals surface area contributed by atoms with E-state index in [-0.39, 0.29) is 51.2 Å². The SMILES string of the molecule is [C-]#[N+]/C(C#N)=c1/c2c(/c(=C(\C#N)[N+]#[C-])c3c1-c1c(C)cc(C)cc1C3)-c1c(cc(SC(F)(F)F)cc1SC(F)(F)F)C2. The highest BCUT2D eigenvalue weighted by molar-refractivity contribution is 8.01. The van der Waals surface area contributed by atoms with E-state index in [4.69, 9.17) is 13.1 Å². The Bertz CT molecular complexity index is 2000. The lowest BCUT2D eigenvalue weighted by molar-refractivity contribution is -0.0334. The predicted molar refractivity (Wildman–Crippen MR) is 147 cm³/mol. The molecule has 3 aromatic carbocycles. The second-order valence-corrected chi connectivity index (χ2v) is 11.9. The highest BCUT2D eigenvalue weighted by Crippen LogP contribution is 2.50. The molecule has 0 spiro atoms. The molecule has 0 saturated heterocycles. The van der Waals surface area contributed by atoms with E-state index >= 15 is 0 Å². The molecule has 2 aliphatic rings. The molecular weight excluding hydrogens is 594 g/mol. The van der Waals surface area contributed by atoms with Crippen LogP contribution in [0.25, 0.3) is 43.3 Å². The average Bonchev–Trinajstić information content (AvgIpc) is 3.43. The van der Waals surface area contributed by atoms with Crippen LogP contribution in [0.1, 0.15) is 33.4 Å². The van der Waals surface area contributed by atoms with Crippen molar-refractivity contribution in [2.24, 2.45) is 0 Å². The van der Waals surface area contributed by atoms with Crippen LogP contribution in [-0.2, 0) is 12.8 Å². The second-order valence-electron chi connectivity index (χ2n) is 9.62. The van der Waals surface area contributed by atoms with Gasteiger partial charge in [0.2, 0.25) is 0 Å². The van der Waals surface area contributed by atoms with Crippen molar-refractivity contribution >= 4 is 34.9 Å². The molecule has 0 bridgehead atoms. The summed E-state index contributed by atoms with van der Waals surface area (Å²) in [5.41, 5.74) is -5.94. The van der Waals surface area contributed by atoms with Gasteiger partial charge in [0, 0.05) is 20.2 Å². The number of aryl methyl sites for hydroxylation is 2. The van der Waals surface area contributed by atoms with Gasteiger partial charge in [0.05, 0.1) is 25.3 Å². The number of benzene rings is 3. The number of nitrogens with zero attached hydrogens (tertiary/aromatic N) is 4. The number of alkyl halides is 6. The van der Waals surface area contributed by atoms with Gasteiger partial charge in [-0.2, -0.15) is 26.3 Å². The van der Waals surface area contributed by atoms with E-state index in [2.05, 4.69) is 9.69 Å². The highest BCUT2D eigenvalue weighted by atomic mass is 32.2. The van der Waals surface area contributed by atoms with Crippen molar-refractivity contribution in [3.8, 4) is 34.4 Å². The normalized spacial score (nSPS) is 14.4. The molecule has 3 aromatic rings. The van der Waals surface area contributed by atoms with E-state index in [1.54, 1.807) is 0 Å². The van der Waals surface area contributed by atoms with Crippen molar-refractivity contribution in [1.82, 2.24) is 0 Å². The molecule has 4 nitrogen and oxygen atoms in total. The number of fused-ring (bicyclic) bond motifs is 6. The third kappa shape index (κ3) is 4.88. The summed E-state index contributed by atoms with van der Waals surface area (Å²) < 4.78 is 81.3. The number of halogens is 6. The standard InChI is InChI=1S/C30H14F6N4S2/c1-13-5-14(2)23-15(6-13)8-18-26(21(12-38)40-4)28-19(25(27(18)23)20(11-37)39-3)9-16-7-17(41-29(31,32)33)10-22(24(16)28)42-30(34,35)36/h5-7,10H,8-9H2,1-2H3/b25-20-,26-21+. The molecule has 0 heterocycles. The third-order valence-electron chi connectivity index (χ3n) is 7.03. The maximum atomic E-state index is 13.8. The van der Waals surface area contributed by atoms with Gasteiger partial charge in [0.1, 0.15) is 0 Å². The Balaban J connectivity index is 2.05. The highest BCUT2D eigenvalue weighted by Gasteiger charge is 2.38. The van der Waals surface area contributed by atoms with Gasteiger partial charge in [-0.15, -0.1) is 0 Å². The topological polar surface area (TPSA) is 56.3 Å². The number of hydrogen-bond acceptors (Lipinski definition) is 4. The molecule has 0 saturated carbocycles. The first-order valence-corrected chi connectivity index (χ1v) is 13.6. The molecule has 0 N–H and O–H groups in total. The third-order valence-corrected chi connectivity index (χ3v) is 8.50. The first kappa shape index (κ1) is 29.1. The summed E-state index contributed by atoms with van der Waals surface area (Å²) in [4.78, 5) is 5.81. The first-order chi connectivity index (χ1) is 19.7. The van der Waals surface area contributed by atoms with Gasteiger partial charge in [-0.1, -0.05) is 17.7 Å². The molecule has 0 atom stereocenters. The maximum Gasteiger partial charge on any atom is 0.446 e. The van der Waals surface area contributed by atoms with Crippen molar-refractivity contribution in [1.29, 1.82) is 10.5 Å². The Hall–Kier alpha value is -4.36. The largest absolute Gasteiger partial charge is 0.446 e. The van der Waals surface area contributed by atoms with Crippen LogP contribution in [0.15, 0.2) is 34.1 Å². The van der Waals surface area contributed by atoms with Gasteiger partial charge in [0.25, 0.3) is 11.4 Å². The molecule has 42 heavy (non-hydrogen) atoms. The molecule has 208 valence electrons. The van der Waals surface area contributed by atoms with Gasteiger partial charge in [-0.05, 0) is 112 Å². The van der Waals surface area contributed by atoms with Gasteiger partial charge < -0.3 is 0 Å². The van der Waals surface area contributed by atoms with Crippen LogP contribution in [0, 0.1) is 49.7 Å².